The Morgan fingerprint density at radius 1 is 1.39 bits per heavy atom. The Balaban J connectivity index is 1.87. The smallest absolute Gasteiger partial charge is 0.158 e. The zero-order valence-electron chi connectivity index (χ0n) is 10.1. The number of rotatable bonds is 4. The molecule has 0 spiro atoms. The molecule has 0 atom stereocenters. The van der Waals surface area contributed by atoms with Crippen LogP contribution in [0.25, 0.3) is 0 Å². The Labute approximate surface area is 106 Å². The lowest BCUT2D eigenvalue weighted by atomic mass is 10.1. The summed E-state index contributed by atoms with van der Waals surface area (Å²) in [7, 11) is 0. The molecule has 18 heavy (non-hydrogen) atoms. The Hall–Kier alpha value is -1.71. The lowest BCUT2D eigenvalue weighted by Crippen LogP contribution is -2.37. The van der Waals surface area contributed by atoms with Crippen molar-refractivity contribution < 1.29 is 9.84 Å². The third-order valence-corrected chi connectivity index (χ3v) is 2.96. The normalized spacial score (nSPS) is 16.6. The van der Waals surface area contributed by atoms with Gasteiger partial charge < -0.3 is 14.7 Å². The third-order valence-electron chi connectivity index (χ3n) is 2.96. The van der Waals surface area contributed by atoms with Gasteiger partial charge in [-0.1, -0.05) is 0 Å². The van der Waals surface area contributed by atoms with Gasteiger partial charge in [-0.2, -0.15) is 5.26 Å². The second kappa shape index (κ2) is 6.28. The Kier molecular flexibility index (Phi) is 4.45. The van der Waals surface area contributed by atoms with E-state index in [1.165, 1.54) is 6.20 Å². The Morgan fingerprint density at radius 3 is 2.72 bits per heavy atom. The van der Waals surface area contributed by atoms with Crippen LogP contribution in [0.15, 0.2) is 12.4 Å². The van der Waals surface area contributed by atoms with E-state index >= 15 is 0 Å². The molecular weight excluding hydrogens is 232 g/mol. The monoisotopic (exact) mass is 248 g/mol. The number of aromatic nitrogens is 2. The fourth-order valence-electron chi connectivity index (χ4n) is 2.01. The summed E-state index contributed by atoms with van der Waals surface area (Å²) in [6.45, 7) is 2.19. The highest BCUT2D eigenvalue weighted by Crippen LogP contribution is 2.18. The van der Waals surface area contributed by atoms with Crippen LogP contribution in [0.1, 0.15) is 18.5 Å². The molecule has 0 radical (unpaired) electrons. The van der Waals surface area contributed by atoms with Gasteiger partial charge in [0.2, 0.25) is 0 Å². The van der Waals surface area contributed by atoms with Crippen molar-refractivity contribution in [3.05, 3.63) is 18.1 Å². The van der Waals surface area contributed by atoms with E-state index in [2.05, 4.69) is 14.9 Å². The van der Waals surface area contributed by atoms with E-state index in [0.29, 0.717) is 12.3 Å². The highest BCUT2D eigenvalue weighted by molar-refractivity contribution is 5.37. The average Bonchev–Trinajstić information content (AvgIpc) is 2.46. The lowest BCUT2D eigenvalue weighted by molar-refractivity contribution is 0.0158. The zero-order chi connectivity index (χ0) is 12.8. The van der Waals surface area contributed by atoms with Crippen molar-refractivity contribution in [2.24, 2.45) is 0 Å². The van der Waals surface area contributed by atoms with Crippen molar-refractivity contribution >= 4 is 5.82 Å². The molecule has 1 fully saturated rings. The molecule has 6 heteroatoms. The summed E-state index contributed by atoms with van der Waals surface area (Å²) >= 11 is 0. The summed E-state index contributed by atoms with van der Waals surface area (Å²) < 4.78 is 5.50. The molecule has 1 aliphatic heterocycles. The van der Waals surface area contributed by atoms with E-state index in [1.807, 2.05) is 6.07 Å². The number of hydrogen-bond acceptors (Lipinski definition) is 6. The number of nitrogens with zero attached hydrogens (tertiary/aromatic N) is 4. The minimum absolute atomic E-state index is 0.0707. The fourth-order valence-corrected chi connectivity index (χ4v) is 2.01. The van der Waals surface area contributed by atoms with Crippen LogP contribution in [0.4, 0.5) is 5.82 Å². The largest absolute Gasteiger partial charge is 0.394 e. The summed E-state index contributed by atoms with van der Waals surface area (Å²) in [6.07, 6.45) is 5.18. The molecule has 96 valence electrons. The first-order valence-corrected chi connectivity index (χ1v) is 6.03. The molecule has 1 aromatic heterocycles. The van der Waals surface area contributed by atoms with Crippen LogP contribution in [-0.4, -0.2) is 47.5 Å². The maximum atomic E-state index is 8.70. The standard InChI is InChI=1S/C12H16N4O2/c13-7-10-8-15-12(9-14-10)16-3-1-11(2-4-16)18-6-5-17/h8-9,11,17H,1-6H2. The SMILES string of the molecule is N#Cc1cnc(N2CCC(OCCO)CC2)cn1. The molecule has 1 saturated heterocycles. The van der Waals surface area contributed by atoms with E-state index in [-0.39, 0.29) is 12.7 Å². The predicted molar refractivity (Wildman–Crippen MR) is 65.0 cm³/mol. The van der Waals surface area contributed by atoms with Gasteiger partial charge in [0, 0.05) is 13.1 Å². The van der Waals surface area contributed by atoms with E-state index in [1.54, 1.807) is 6.20 Å². The molecular formula is C12H16N4O2. The first-order valence-electron chi connectivity index (χ1n) is 6.03. The molecule has 0 aromatic carbocycles. The van der Waals surface area contributed by atoms with E-state index in [9.17, 15) is 0 Å². The number of ether oxygens (including phenoxy) is 1. The molecule has 6 nitrogen and oxygen atoms in total. The molecule has 0 amide bonds. The number of hydrogen-bond donors (Lipinski definition) is 1. The Morgan fingerprint density at radius 2 is 2.17 bits per heavy atom. The topological polar surface area (TPSA) is 82.3 Å². The van der Waals surface area contributed by atoms with Crippen LogP contribution in [0.5, 0.6) is 0 Å². The van der Waals surface area contributed by atoms with E-state index in [4.69, 9.17) is 15.1 Å². The second-order valence-electron chi connectivity index (χ2n) is 4.15. The average molecular weight is 248 g/mol. The summed E-state index contributed by atoms with van der Waals surface area (Å²) in [5.74, 6) is 0.801. The van der Waals surface area contributed by atoms with Crippen molar-refractivity contribution in [2.45, 2.75) is 18.9 Å². The summed E-state index contributed by atoms with van der Waals surface area (Å²) in [5.41, 5.74) is 0.333. The predicted octanol–water partition coefficient (Wildman–Crippen LogP) is 0.326. The van der Waals surface area contributed by atoms with Crippen LogP contribution in [0.3, 0.4) is 0 Å². The highest BCUT2D eigenvalue weighted by Gasteiger charge is 2.20. The fraction of sp³-hybridized carbons (Fsp3) is 0.583. The van der Waals surface area contributed by atoms with Crippen LogP contribution < -0.4 is 4.90 Å². The van der Waals surface area contributed by atoms with Crippen molar-refractivity contribution in [1.29, 1.82) is 5.26 Å². The van der Waals surface area contributed by atoms with Crippen molar-refractivity contribution in [3.8, 4) is 6.07 Å². The molecule has 1 aromatic rings. The van der Waals surface area contributed by atoms with Gasteiger partial charge in [0.15, 0.2) is 5.69 Å². The van der Waals surface area contributed by atoms with Crippen molar-refractivity contribution in [1.82, 2.24) is 9.97 Å². The van der Waals surface area contributed by atoms with Crippen molar-refractivity contribution in [2.75, 3.05) is 31.2 Å². The number of aliphatic hydroxyl groups excluding tert-OH is 1. The molecule has 1 N–H and O–H groups in total. The first-order chi connectivity index (χ1) is 8.83. The molecule has 0 aliphatic carbocycles. The number of nitriles is 1. The minimum atomic E-state index is 0.0707. The van der Waals surface area contributed by atoms with E-state index in [0.717, 1.165) is 31.7 Å². The maximum Gasteiger partial charge on any atom is 0.158 e. The maximum absolute atomic E-state index is 8.70. The molecule has 0 unspecified atom stereocenters. The summed E-state index contributed by atoms with van der Waals surface area (Å²) in [5, 5.41) is 17.3. The van der Waals surface area contributed by atoms with Gasteiger partial charge in [0.25, 0.3) is 0 Å². The number of anilines is 1. The molecule has 0 bridgehead atoms. The van der Waals surface area contributed by atoms with Crippen molar-refractivity contribution in [3.63, 3.8) is 0 Å². The summed E-state index contributed by atoms with van der Waals surface area (Å²) in [6, 6.07) is 1.95. The van der Waals surface area contributed by atoms with Gasteiger partial charge in [-0.25, -0.2) is 9.97 Å². The van der Waals surface area contributed by atoms with Gasteiger partial charge in [0.1, 0.15) is 11.9 Å². The van der Waals surface area contributed by atoms with Crippen LogP contribution >= 0.6 is 0 Å². The molecule has 2 rings (SSSR count). The number of aliphatic hydroxyl groups is 1. The molecule has 0 saturated carbocycles. The summed E-state index contributed by atoms with van der Waals surface area (Å²) in [4.78, 5) is 10.4. The third kappa shape index (κ3) is 3.15. The zero-order valence-corrected chi connectivity index (χ0v) is 10.1. The van der Waals surface area contributed by atoms with Crippen LogP contribution in [0, 0.1) is 11.3 Å². The molecule has 1 aliphatic rings. The minimum Gasteiger partial charge on any atom is -0.394 e. The Bertz CT molecular complexity index is 407. The highest BCUT2D eigenvalue weighted by atomic mass is 16.5. The molecule has 2 heterocycles. The van der Waals surface area contributed by atoms with Gasteiger partial charge in [-0.05, 0) is 12.8 Å². The van der Waals surface area contributed by atoms with Gasteiger partial charge >= 0.3 is 0 Å². The second-order valence-corrected chi connectivity index (χ2v) is 4.15. The lowest BCUT2D eigenvalue weighted by Gasteiger charge is -2.32. The van der Waals surface area contributed by atoms with Gasteiger partial charge in [0.05, 0.1) is 31.7 Å². The van der Waals surface area contributed by atoms with Gasteiger partial charge in [-0.15, -0.1) is 0 Å². The van der Waals surface area contributed by atoms with E-state index < -0.39 is 0 Å². The number of piperidine rings is 1. The van der Waals surface area contributed by atoms with Crippen LogP contribution in [-0.2, 0) is 4.74 Å². The first kappa shape index (κ1) is 12.7. The van der Waals surface area contributed by atoms with Gasteiger partial charge in [-0.3, -0.25) is 0 Å². The quantitative estimate of drug-likeness (QED) is 0.826. The van der Waals surface area contributed by atoms with Crippen LogP contribution in [0.2, 0.25) is 0 Å².